The summed E-state index contributed by atoms with van der Waals surface area (Å²) in [5.74, 6) is 0. The van der Waals surface area contributed by atoms with Gasteiger partial charge in [0, 0.05) is 17.2 Å². The number of benzene rings is 2. The average molecular weight is 375 g/mol. The Labute approximate surface area is 166 Å². The van der Waals surface area contributed by atoms with Crippen LogP contribution in [0.3, 0.4) is 0 Å². The van der Waals surface area contributed by atoms with Gasteiger partial charge in [0.2, 0.25) is 0 Å². The molecule has 0 aliphatic heterocycles. The van der Waals surface area contributed by atoms with Crippen LogP contribution >= 0.6 is 0 Å². The number of H-pyrrole nitrogens is 2. The van der Waals surface area contributed by atoms with E-state index in [1.165, 1.54) is 38.5 Å². The number of fused-ring (bicyclic) bond motifs is 2. The number of rotatable bonds is 3. The van der Waals surface area contributed by atoms with E-state index in [1.54, 1.807) is 0 Å². The summed E-state index contributed by atoms with van der Waals surface area (Å²) in [6.45, 7) is 15.8. The minimum Gasteiger partial charge on any atom is -0.278 e. The Morgan fingerprint density at radius 1 is 0.821 bits per heavy atom. The van der Waals surface area contributed by atoms with Gasteiger partial charge < -0.3 is 0 Å². The SMILES string of the molecule is Cc1ccc2[nH]ncc2c1C(C)(C)Cc1n[nH]c2c(C(C)(C)C)c(C)ccc12. The lowest BCUT2D eigenvalue weighted by Gasteiger charge is -2.27. The summed E-state index contributed by atoms with van der Waals surface area (Å²) in [6.07, 6.45) is 2.81. The Hall–Kier alpha value is -2.62. The van der Waals surface area contributed by atoms with Crippen LogP contribution < -0.4 is 0 Å². The molecule has 4 heteroatoms. The molecular formula is C24H30N4. The molecule has 0 spiro atoms. The van der Waals surface area contributed by atoms with E-state index in [0.717, 1.165) is 17.6 Å². The molecular weight excluding hydrogens is 344 g/mol. The van der Waals surface area contributed by atoms with Crippen LogP contribution in [0.2, 0.25) is 0 Å². The van der Waals surface area contributed by atoms with Crippen LogP contribution in [-0.4, -0.2) is 20.4 Å². The van der Waals surface area contributed by atoms with Crippen molar-refractivity contribution in [2.75, 3.05) is 0 Å². The van der Waals surface area contributed by atoms with Gasteiger partial charge in [0.05, 0.1) is 22.9 Å². The number of aryl methyl sites for hydroxylation is 2. The highest BCUT2D eigenvalue weighted by Crippen LogP contribution is 2.38. The van der Waals surface area contributed by atoms with E-state index in [-0.39, 0.29) is 10.8 Å². The number of nitrogens with zero attached hydrogens (tertiary/aromatic N) is 2. The zero-order valence-corrected chi connectivity index (χ0v) is 18.0. The van der Waals surface area contributed by atoms with Gasteiger partial charge in [-0.1, -0.05) is 52.8 Å². The highest BCUT2D eigenvalue weighted by atomic mass is 15.1. The maximum atomic E-state index is 4.77. The van der Waals surface area contributed by atoms with Gasteiger partial charge in [-0.2, -0.15) is 10.2 Å². The summed E-state index contributed by atoms with van der Waals surface area (Å²) in [4.78, 5) is 0. The average Bonchev–Trinajstić information content (AvgIpc) is 3.19. The molecule has 0 radical (unpaired) electrons. The van der Waals surface area contributed by atoms with Gasteiger partial charge in [-0.3, -0.25) is 10.2 Å². The van der Waals surface area contributed by atoms with Crippen LogP contribution in [0.1, 0.15) is 62.6 Å². The Morgan fingerprint density at radius 2 is 1.50 bits per heavy atom. The summed E-state index contributed by atoms with van der Waals surface area (Å²) >= 11 is 0. The molecule has 28 heavy (non-hydrogen) atoms. The van der Waals surface area contributed by atoms with Crippen LogP contribution in [0.5, 0.6) is 0 Å². The maximum Gasteiger partial charge on any atom is 0.0709 e. The van der Waals surface area contributed by atoms with Crippen LogP contribution in [0.15, 0.2) is 30.5 Å². The molecule has 2 aromatic carbocycles. The minimum absolute atomic E-state index is 0.0671. The van der Waals surface area contributed by atoms with E-state index < -0.39 is 0 Å². The number of hydrogen-bond acceptors (Lipinski definition) is 2. The number of aromatic amines is 2. The van der Waals surface area contributed by atoms with Crippen LogP contribution in [0, 0.1) is 13.8 Å². The Balaban J connectivity index is 1.84. The minimum atomic E-state index is -0.0671. The van der Waals surface area contributed by atoms with Crippen molar-refractivity contribution in [3.63, 3.8) is 0 Å². The van der Waals surface area contributed by atoms with E-state index in [9.17, 15) is 0 Å². The molecule has 146 valence electrons. The van der Waals surface area contributed by atoms with Crippen molar-refractivity contribution in [3.8, 4) is 0 Å². The summed E-state index contributed by atoms with van der Waals surface area (Å²) in [7, 11) is 0. The highest BCUT2D eigenvalue weighted by molar-refractivity contribution is 5.87. The largest absolute Gasteiger partial charge is 0.278 e. The van der Waals surface area contributed by atoms with E-state index in [1.807, 2.05) is 6.20 Å². The lowest BCUT2D eigenvalue weighted by Crippen LogP contribution is -2.22. The van der Waals surface area contributed by atoms with Crippen molar-refractivity contribution < 1.29 is 0 Å². The highest BCUT2D eigenvalue weighted by Gasteiger charge is 2.29. The van der Waals surface area contributed by atoms with Crippen molar-refractivity contribution in [2.24, 2.45) is 0 Å². The van der Waals surface area contributed by atoms with Gasteiger partial charge in [-0.25, -0.2) is 0 Å². The molecule has 0 atom stereocenters. The lowest BCUT2D eigenvalue weighted by molar-refractivity contribution is 0.518. The smallest absolute Gasteiger partial charge is 0.0709 e. The second-order valence-corrected chi connectivity index (χ2v) is 9.75. The van der Waals surface area contributed by atoms with Gasteiger partial charge >= 0.3 is 0 Å². The van der Waals surface area contributed by atoms with Gasteiger partial charge in [0.1, 0.15) is 0 Å². The zero-order chi connectivity index (χ0) is 20.3. The molecule has 0 unspecified atom stereocenters. The Bertz CT molecular complexity index is 1170. The molecule has 4 nitrogen and oxygen atoms in total. The number of hydrogen-bond donors (Lipinski definition) is 2. The first-order valence-corrected chi connectivity index (χ1v) is 10.00. The fraction of sp³-hybridized carbons (Fsp3) is 0.417. The molecule has 4 aromatic rings. The fourth-order valence-electron chi connectivity index (χ4n) is 4.88. The second-order valence-electron chi connectivity index (χ2n) is 9.75. The summed E-state index contributed by atoms with van der Waals surface area (Å²) in [6, 6.07) is 8.75. The van der Waals surface area contributed by atoms with Gasteiger partial charge in [0.25, 0.3) is 0 Å². The molecule has 0 bridgehead atoms. The van der Waals surface area contributed by atoms with Crippen molar-refractivity contribution in [1.82, 2.24) is 20.4 Å². The fourth-order valence-corrected chi connectivity index (χ4v) is 4.88. The molecule has 0 aliphatic rings. The third kappa shape index (κ3) is 2.92. The maximum absolute atomic E-state index is 4.77. The van der Waals surface area contributed by atoms with Crippen molar-refractivity contribution >= 4 is 21.8 Å². The normalized spacial score (nSPS) is 13.0. The standard InChI is InChI=1S/C24H30N4/c1-14-9-11-18-17(13-25-26-18)20(14)24(6,7)12-19-16-10-8-15(2)21(23(3,4)5)22(16)28-27-19/h8-11,13H,12H2,1-7H3,(H,25,26)(H,27,28). The number of nitrogens with one attached hydrogen (secondary N) is 2. The molecule has 2 N–H and O–H groups in total. The molecule has 0 fully saturated rings. The topological polar surface area (TPSA) is 57.4 Å². The first kappa shape index (κ1) is 18.7. The summed E-state index contributed by atoms with van der Waals surface area (Å²) in [5.41, 5.74) is 8.71. The van der Waals surface area contributed by atoms with Crippen molar-refractivity contribution in [2.45, 2.75) is 65.7 Å². The van der Waals surface area contributed by atoms with Crippen LogP contribution in [0.25, 0.3) is 21.8 Å². The van der Waals surface area contributed by atoms with Crippen LogP contribution in [-0.2, 0) is 17.3 Å². The van der Waals surface area contributed by atoms with Crippen molar-refractivity contribution in [1.29, 1.82) is 0 Å². The molecule has 0 aliphatic carbocycles. The summed E-state index contributed by atoms with van der Waals surface area (Å²) < 4.78 is 0. The van der Waals surface area contributed by atoms with E-state index in [0.29, 0.717) is 0 Å². The van der Waals surface area contributed by atoms with Gasteiger partial charge in [0.15, 0.2) is 0 Å². The third-order valence-electron chi connectivity index (χ3n) is 5.90. The molecule has 0 amide bonds. The van der Waals surface area contributed by atoms with E-state index in [2.05, 4.69) is 88.0 Å². The molecule has 2 aromatic heterocycles. The first-order valence-electron chi connectivity index (χ1n) is 10.00. The predicted octanol–water partition coefficient (Wildman–Crippen LogP) is 5.87. The molecule has 4 rings (SSSR count). The first-order chi connectivity index (χ1) is 13.1. The lowest BCUT2D eigenvalue weighted by atomic mass is 9.76. The van der Waals surface area contributed by atoms with Crippen LogP contribution in [0.4, 0.5) is 0 Å². The van der Waals surface area contributed by atoms with Gasteiger partial charge in [-0.05, 0) is 53.0 Å². The quantitative estimate of drug-likeness (QED) is 0.471. The van der Waals surface area contributed by atoms with E-state index >= 15 is 0 Å². The Morgan fingerprint density at radius 3 is 2.21 bits per heavy atom. The molecule has 2 heterocycles. The number of aromatic nitrogens is 4. The monoisotopic (exact) mass is 374 g/mol. The second kappa shape index (κ2) is 6.20. The summed E-state index contributed by atoms with van der Waals surface area (Å²) in [5, 5.41) is 17.9. The molecule has 0 saturated heterocycles. The van der Waals surface area contributed by atoms with Gasteiger partial charge in [-0.15, -0.1) is 0 Å². The van der Waals surface area contributed by atoms with E-state index in [4.69, 9.17) is 5.10 Å². The third-order valence-corrected chi connectivity index (χ3v) is 5.90. The Kier molecular flexibility index (Phi) is 4.14. The molecule has 0 saturated carbocycles. The van der Waals surface area contributed by atoms with Crippen molar-refractivity contribution in [3.05, 3.63) is 58.4 Å². The zero-order valence-electron chi connectivity index (χ0n) is 18.0. The predicted molar refractivity (Wildman–Crippen MR) is 117 cm³/mol.